The number of carbonyl (C=O) groups is 1. The van der Waals surface area contributed by atoms with Crippen molar-refractivity contribution in [2.24, 2.45) is 13.0 Å². The zero-order valence-corrected chi connectivity index (χ0v) is 18.4. The molecule has 1 N–H and O–H groups in total. The van der Waals surface area contributed by atoms with Gasteiger partial charge in [0.2, 0.25) is 5.91 Å². The van der Waals surface area contributed by atoms with Gasteiger partial charge in [-0.1, -0.05) is 50.2 Å². The molecule has 0 fully saturated rings. The highest BCUT2D eigenvalue weighted by Gasteiger charge is 2.19. The molecule has 0 aliphatic heterocycles. The number of aryl methyl sites for hydroxylation is 1. The Labute approximate surface area is 183 Å². The number of carbonyl (C=O) groups excluding carboxylic acids is 1. The van der Waals surface area contributed by atoms with Crippen molar-refractivity contribution in [3.63, 3.8) is 0 Å². The maximum absolute atomic E-state index is 12.7. The van der Waals surface area contributed by atoms with Crippen LogP contribution in [0.3, 0.4) is 0 Å². The fourth-order valence-corrected chi connectivity index (χ4v) is 3.12. The lowest BCUT2D eigenvalue weighted by atomic mass is 10.1. The molecule has 6 nitrogen and oxygen atoms in total. The first kappa shape index (κ1) is 22.2. The lowest BCUT2D eigenvalue weighted by Crippen LogP contribution is -2.29. The van der Waals surface area contributed by atoms with Crippen molar-refractivity contribution in [2.45, 2.75) is 19.9 Å². The number of nitrogens with zero attached hydrogens (tertiary/aromatic N) is 2. The van der Waals surface area contributed by atoms with Crippen molar-refractivity contribution < 1.29 is 14.3 Å². The summed E-state index contributed by atoms with van der Waals surface area (Å²) in [6.07, 6.45) is 6.86. The van der Waals surface area contributed by atoms with Gasteiger partial charge in [-0.05, 0) is 35.3 Å². The van der Waals surface area contributed by atoms with Crippen LogP contribution in [0.1, 0.15) is 36.8 Å². The van der Waals surface area contributed by atoms with Gasteiger partial charge in [0.05, 0.1) is 13.7 Å². The first-order valence-corrected chi connectivity index (χ1v) is 10.3. The molecule has 162 valence electrons. The average Bonchev–Trinajstić information content (AvgIpc) is 3.20. The van der Waals surface area contributed by atoms with E-state index >= 15 is 0 Å². The molecule has 1 amide bonds. The Hall–Kier alpha value is -3.54. The summed E-state index contributed by atoms with van der Waals surface area (Å²) in [7, 11) is 3.52. The zero-order chi connectivity index (χ0) is 22.2. The molecule has 1 heterocycles. The molecule has 0 aliphatic carbocycles. The minimum Gasteiger partial charge on any atom is -0.493 e. The van der Waals surface area contributed by atoms with Gasteiger partial charge in [-0.15, -0.1) is 0 Å². The van der Waals surface area contributed by atoms with Crippen molar-refractivity contribution in [2.75, 3.05) is 13.7 Å². The van der Waals surface area contributed by atoms with E-state index in [2.05, 4.69) is 24.1 Å². The summed E-state index contributed by atoms with van der Waals surface area (Å²) in [5.74, 6) is 2.30. The van der Waals surface area contributed by atoms with E-state index in [9.17, 15) is 4.79 Å². The Bertz CT molecular complexity index is 1030. The van der Waals surface area contributed by atoms with Crippen LogP contribution in [0, 0.1) is 5.92 Å². The van der Waals surface area contributed by atoms with Crippen LogP contribution < -0.4 is 14.8 Å². The summed E-state index contributed by atoms with van der Waals surface area (Å²) in [6.45, 7) is 4.80. The molecule has 2 aromatic carbocycles. The van der Waals surface area contributed by atoms with Gasteiger partial charge in [0.25, 0.3) is 0 Å². The first-order chi connectivity index (χ1) is 15.0. The quantitative estimate of drug-likeness (QED) is 0.523. The minimum atomic E-state index is -0.348. The number of amides is 1. The second-order valence-electron chi connectivity index (χ2n) is 7.70. The van der Waals surface area contributed by atoms with E-state index in [-0.39, 0.29) is 11.9 Å². The molecule has 6 heteroatoms. The summed E-state index contributed by atoms with van der Waals surface area (Å²) >= 11 is 0. The standard InChI is InChI=1S/C25H29N3O3/c1-18(2)17-31-21-12-10-19(16-22(21)30-4)11-13-23(29)27-24(20-8-6-5-7-9-20)25-26-14-15-28(25)3/h5-16,18,24H,17H2,1-4H3,(H,27,29)/b13-11+. The third-order valence-electron chi connectivity index (χ3n) is 4.72. The van der Waals surface area contributed by atoms with Gasteiger partial charge in [-0.3, -0.25) is 4.79 Å². The van der Waals surface area contributed by atoms with E-state index in [4.69, 9.17) is 9.47 Å². The van der Waals surface area contributed by atoms with E-state index in [1.54, 1.807) is 19.4 Å². The lowest BCUT2D eigenvalue weighted by molar-refractivity contribution is -0.117. The molecular weight excluding hydrogens is 390 g/mol. The molecule has 0 radical (unpaired) electrons. The lowest BCUT2D eigenvalue weighted by Gasteiger charge is -2.18. The minimum absolute atomic E-state index is 0.212. The van der Waals surface area contributed by atoms with Crippen LogP contribution in [0.4, 0.5) is 0 Å². The normalized spacial score (nSPS) is 12.2. The molecular formula is C25H29N3O3. The topological polar surface area (TPSA) is 65.4 Å². The number of rotatable bonds is 9. The van der Waals surface area contributed by atoms with E-state index in [1.165, 1.54) is 6.08 Å². The Balaban J connectivity index is 1.74. The highest BCUT2D eigenvalue weighted by molar-refractivity contribution is 5.92. The second kappa shape index (κ2) is 10.5. The molecule has 1 atom stereocenters. The molecule has 3 aromatic rings. The smallest absolute Gasteiger partial charge is 0.244 e. The Kier molecular flexibility index (Phi) is 7.49. The van der Waals surface area contributed by atoms with Crippen LogP contribution in [0.5, 0.6) is 11.5 Å². The highest BCUT2D eigenvalue weighted by atomic mass is 16.5. The van der Waals surface area contributed by atoms with Gasteiger partial charge in [0.15, 0.2) is 11.5 Å². The second-order valence-corrected chi connectivity index (χ2v) is 7.70. The van der Waals surface area contributed by atoms with Crippen molar-refractivity contribution in [1.29, 1.82) is 0 Å². The van der Waals surface area contributed by atoms with Crippen molar-refractivity contribution in [1.82, 2.24) is 14.9 Å². The van der Waals surface area contributed by atoms with E-state index < -0.39 is 0 Å². The van der Waals surface area contributed by atoms with Gasteiger partial charge < -0.3 is 19.4 Å². The average molecular weight is 420 g/mol. The molecule has 1 aromatic heterocycles. The highest BCUT2D eigenvalue weighted by Crippen LogP contribution is 2.29. The molecule has 0 saturated heterocycles. The third kappa shape index (κ3) is 5.98. The fraction of sp³-hybridized carbons (Fsp3) is 0.280. The zero-order valence-electron chi connectivity index (χ0n) is 18.4. The van der Waals surface area contributed by atoms with Gasteiger partial charge in [0.1, 0.15) is 11.9 Å². The summed E-state index contributed by atoms with van der Waals surface area (Å²) < 4.78 is 13.1. The van der Waals surface area contributed by atoms with Gasteiger partial charge in [0, 0.05) is 25.5 Å². The Morgan fingerprint density at radius 1 is 1.16 bits per heavy atom. The molecule has 0 bridgehead atoms. The summed E-state index contributed by atoms with van der Waals surface area (Å²) in [4.78, 5) is 17.1. The largest absolute Gasteiger partial charge is 0.493 e. The van der Waals surface area contributed by atoms with Crippen LogP contribution in [-0.4, -0.2) is 29.2 Å². The van der Waals surface area contributed by atoms with Crippen LogP contribution in [-0.2, 0) is 11.8 Å². The number of methoxy groups -OCH3 is 1. The van der Waals surface area contributed by atoms with Gasteiger partial charge in [-0.25, -0.2) is 4.98 Å². The molecule has 0 spiro atoms. The van der Waals surface area contributed by atoms with E-state index in [0.717, 1.165) is 17.0 Å². The predicted octanol–water partition coefficient (Wildman–Crippen LogP) is 4.38. The summed E-state index contributed by atoms with van der Waals surface area (Å²) in [5.41, 5.74) is 1.81. The fourth-order valence-electron chi connectivity index (χ4n) is 3.12. The van der Waals surface area contributed by atoms with Crippen molar-refractivity contribution in [3.05, 3.63) is 84.0 Å². The molecule has 0 saturated carbocycles. The van der Waals surface area contributed by atoms with Crippen LogP contribution in [0.15, 0.2) is 67.0 Å². The monoisotopic (exact) mass is 419 g/mol. The van der Waals surface area contributed by atoms with Crippen LogP contribution in [0.25, 0.3) is 6.08 Å². The van der Waals surface area contributed by atoms with Crippen LogP contribution in [0.2, 0.25) is 0 Å². The number of nitrogens with one attached hydrogen (secondary N) is 1. The summed E-state index contributed by atoms with van der Waals surface area (Å²) in [5, 5.41) is 3.05. The van der Waals surface area contributed by atoms with Crippen LogP contribution >= 0.6 is 0 Å². The molecule has 1 unspecified atom stereocenters. The Morgan fingerprint density at radius 2 is 1.94 bits per heavy atom. The SMILES string of the molecule is COc1cc(/C=C/C(=O)NC(c2ccccc2)c2nccn2C)ccc1OCC(C)C. The predicted molar refractivity (Wildman–Crippen MR) is 122 cm³/mol. The Morgan fingerprint density at radius 3 is 2.58 bits per heavy atom. The molecule has 0 aliphatic rings. The number of aromatic nitrogens is 2. The van der Waals surface area contributed by atoms with Crippen molar-refractivity contribution in [3.8, 4) is 11.5 Å². The number of hydrogen-bond acceptors (Lipinski definition) is 4. The maximum atomic E-state index is 12.7. The van der Waals surface area contributed by atoms with E-state index in [1.807, 2.05) is 66.3 Å². The third-order valence-corrected chi connectivity index (χ3v) is 4.72. The first-order valence-electron chi connectivity index (χ1n) is 10.3. The van der Waals surface area contributed by atoms with E-state index in [0.29, 0.717) is 24.0 Å². The maximum Gasteiger partial charge on any atom is 0.244 e. The summed E-state index contributed by atoms with van der Waals surface area (Å²) in [6, 6.07) is 15.1. The number of hydrogen-bond donors (Lipinski definition) is 1. The number of ether oxygens (including phenoxy) is 2. The molecule has 31 heavy (non-hydrogen) atoms. The van der Waals surface area contributed by atoms with Gasteiger partial charge in [-0.2, -0.15) is 0 Å². The molecule has 3 rings (SSSR count). The van der Waals surface area contributed by atoms with Gasteiger partial charge >= 0.3 is 0 Å². The number of imidazole rings is 1. The number of benzene rings is 2. The van der Waals surface area contributed by atoms with Crippen molar-refractivity contribution >= 4 is 12.0 Å².